The van der Waals surface area contributed by atoms with Crippen LogP contribution in [0.1, 0.15) is 19.4 Å². The van der Waals surface area contributed by atoms with Crippen LogP contribution in [0.5, 0.6) is 5.75 Å². The first kappa shape index (κ1) is 12.5. The van der Waals surface area contributed by atoms with Gasteiger partial charge in [-0.3, -0.25) is 10.1 Å². The normalized spacial score (nSPS) is 11.9. The van der Waals surface area contributed by atoms with Gasteiger partial charge < -0.3 is 9.47 Å². The number of carbonyl (C=O) groups excluding carboxylic acids is 1. The fraction of sp³-hybridized carbons (Fsp3) is 0.417. The Morgan fingerprint density at radius 1 is 1.38 bits per heavy atom. The predicted octanol–water partition coefficient (Wildman–Crippen LogP) is 1.69. The van der Waals surface area contributed by atoms with E-state index in [4.69, 9.17) is 9.47 Å². The zero-order valence-electron chi connectivity index (χ0n) is 9.82. The molecule has 0 spiro atoms. The second kappa shape index (κ2) is 6.12. The van der Waals surface area contributed by atoms with E-state index in [2.05, 4.69) is 5.32 Å². The quantitative estimate of drug-likeness (QED) is 0.609. The number of ether oxygens (including phenoxy) is 2. The number of benzene rings is 1. The number of rotatable bonds is 5. The largest absolute Gasteiger partial charge is 0.476 e. The van der Waals surface area contributed by atoms with E-state index in [0.717, 1.165) is 11.3 Å². The summed E-state index contributed by atoms with van der Waals surface area (Å²) in [5, 5.41) is 2.98. The standard InChI is InChI=1S/C12H17NO3/c1-9(13-3)16-12-6-4-11(5-7-12)8-15-10(2)14/h4-7,9,13H,8H2,1-3H3. The smallest absolute Gasteiger partial charge is 0.302 e. The number of nitrogens with one attached hydrogen (secondary N) is 1. The van der Waals surface area contributed by atoms with E-state index in [-0.39, 0.29) is 12.2 Å². The second-order valence-electron chi connectivity index (χ2n) is 3.47. The van der Waals surface area contributed by atoms with Gasteiger partial charge in [0.1, 0.15) is 18.6 Å². The maximum atomic E-state index is 10.6. The Bertz CT molecular complexity index is 335. The molecular formula is C12H17NO3. The van der Waals surface area contributed by atoms with Gasteiger partial charge in [0.25, 0.3) is 0 Å². The molecule has 0 bridgehead atoms. The molecule has 16 heavy (non-hydrogen) atoms. The molecule has 1 unspecified atom stereocenters. The maximum absolute atomic E-state index is 10.6. The average Bonchev–Trinajstić information content (AvgIpc) is 2.28. The highest BCUT2D eigenvalue weighted by molar-refractivity contribution is 5.65. The molecule has 0 saturated heterocycles. The van der Waals surface area contributed by atoms with Crippen LogP contribution in [0.25, 0.3) is 0 Å². The van der Waals surface area contributed by atoms with Crippen LogP contribution >= 0.6 is 0 Å². The summed E-state index contributed by atoms with van der Waals surface area (Å²) in [6, 6.07) is 7.46. The molecular weight excluding hydrogens is 206 g/mol. The second-order valence-corrected chi connectivity index (χ2v) is 3.47. The third-order valence-electron chi connectivity index (χ3n) is 2.08. The lowest BCUT2D eigenvalue weighted by Gasteiger charge is -2.13. The van der Waals surface area contributed by atoms with E-state index in [1.54, 1.807) is 0 Å². The van der Waals surface area contributed by atoms with Crippen molar-refractivity contribution in [3.8, 4) is 5.75 Å². The first-order valence-electron chi connectivity index (χ1n) is 5.18. The minimum absolute atomic E-state index is 0.0284. The zero-order chi connectivity index (χ0) is 12.0. The molecule has 0 aliphatic carbocycles. The summed E-state index contributed by atoms with van der Waals surface area (Å²) in [7, 11) is 1.83. The molecule has 0 aromatic heterocycles. The Kier molecular flexibility index (Phi) is 4.79. The lowest BCUT2D eigenvalue weighted by Crippen LogP contribution is -2.27. The minimum Gasteiger partial charge on any atom is -0.476 e. The molecule has 0 amide bonds. The van der Waals surface area contributed by atoms with Crippen molar-refractivity contribution in [1.29, 1.82) is 0 Å². The molecule has 4 heteroatoms. The van der Waals surface area contributed by atoms with Crippen LogP contribution in [0.4, 0.5) is 0 Å². The highest BCUT2D eigenvalue weighted by atomic mass is 16.5. The van der Waals surface area contributed by atoms with Crippen molar-refractivity contribution in [2.45, 2.75) is 26.7 Å². The van der Waals surface area contributed by atoms with Crippen molar-refractivity contribution in [1.82, 2.24) is 5.32 Å². The number of hydrogen-bond donors (Lipinski definition) is 1. The molecule has 1 N–H and O–H groups in total. The van der Waals surface area contributed by atoms with E-state index in [0.29, 0.717) is 6.61 Å². The zero-order valence-corrected chi connectivity index (χ0v) is 9.82. The summed E-state index contributed by atoms with van der Waals surface area (Å²) < 4.78 is 10.4. The van der Waals surface area contributed by atoms with Gasteiger partial charge in [-0.05, 0) is 31.7 Å². The third kappa shape index (κ3) is 4.31. The lowest BCUT2D eigenvalue weighted by atomic mass is 10.2. The molecule has 88 valence electrons. The van der Waals surface area contributed by atoms with Crippen LogP contribution in [0, 0.1) is 0 Å². The highest BCUT2D eigenvalue weighted by Gasteiger charge is 2.01. The van der Waals surface area contributed by atoms with Crippen LogP contribution in [0.15, 0.2) is 24.3 Å². The van der Waals surface area contributed by atoms with Gasteiger partial charge in [-0.15, -0.1) is 0 Å². The lowest BCUT2D eigenvalue weighted by molar-refractivity contribution is -0.142. The van der Waals surface area contributed by atoms with Crippen LogP contribution in [-0.4, -0.2) is 19.2 Å². The van der Waals surface area contributed by atoms with Crippen molar-refractivity contribution in [2.75, 3.05) is 7.05 Å². The van der Waals surface area contributed by atoms with Gasteiger partial charge in [-0.2, -0.15) is 0 Å². The van der Waals surface area contributed by atoms with Gasteiger partial charge in [0, 0.05) is 6.92 Å². The monoisotopic (exact) mass is 223 g/mol. The summed E-state index contributed by atoms with van der Waals surface area (Å²) >= 11 is 0. The molecule has 4 nitrogen and oxygen atoms in total. The van der Waals surface area contributed by atoms with Gasteiger partial charge >= 0.3 is 5.97 Å². The Morgan fingerprint density at radius 3 is 2.50 bits per heavy atom. The van der Waals surface area contributed by atoms with Gasteiger partial charge in [-0.1, -0.05) is 12.1 Å². The van der Waals surface area contributed by atoms with Crippen molar-refractivity contribution >= 4 is 5.97 Å². The molecule has 1 atom stereocenters. The van der Waals surface area contributed by atoms with Crippen molar-refractivity contribution in [3.05, 3.63) is 29.8 Å². The summed E-state index contributed by atoms with van der Waals surface area (Å²) in [4.78, 5) is 10.6. The van der Waals surface area contributed by atoms with Gasteiger partial charge in [0.2, 0.25) is 0 Å². The van der Waals surface area contributed by atoms with E-state index >= 15 is 0 Å². The SMILES string of the molecule is CNC(C)Oc1ccc(COC(C)=O)cc1. The van der Waals surface area contributed by atoms with E-state index in [9.17, 15) is 4.79 Å². The number of esters is 1. The Balaban J connectivity index is 2.50. The highest BCUT2D eigenvalue weighted by Crippen LogP contribution is 2.13. The average molecular weight is 223 g/mol. The molecule has 0 radical (unpaired) electrons. The van der Waals surface area contributed by atoms with Crippen molar-refractivity contribution < 1.29 is 14.3 Å². The van der Waals surface area contributed by atoms with Gasteiger partial charge in [-0.25, -0.2) is 0 Å². The first-order valence-corrected chi connectivity index (χ1v) is 5.18. The van der Waals surface area contributed by atoms with Gasteiger partial charge in [0.15, 0.2) is 0 Å². The number of hydrogen-bond acceptors (Lipinski definition) is 4. The molecule has 0 aliphatic heterocycles. The molecule has 1 aromatic rings. The number of carbonyl (C=O) groups is 1. The summed E-state index contributed by atoms with van der Waals surface area (Å²) in [6.45, 7) is 3.62. The summed E-state index contributed by atoms with van der Waals surface area (Å²) in [5.74, 6) is 0.512. The maximum Gasteiger partial charge on any atom is 0.302 e. The summed E-state index contributed by atoms with van der Waals surface area (Å²) in [6.07, 6.45) is -0.0284. The van der Waals surface area contributed by atoms with E-state index < -0.39 is 0 Å². The predicted molar refractivity (Wildman–Crippen MR) is 61.1 cm³/mol. The van der Waals surface area contributed by atoms with E-state index in [1.807, 2.05) is 38.2 Å². The minimum atomic E-state index is -0.274. The molecule has 0 fully saturated rings. The Morgan fingerprint density at radius 2 is 2.00 bits per heavy atom. The Labute approximate surface area is 95.6 Å². The third-order valence-corrected chi connectivity index (χ3v) is 2.08. The molecule has 0 saturated carbocycles. The fourth-order valence-electron chi connectivity index (χ4n) is 1.11. The van der Waals surface area contributed by atoms with Crippen molar-refractivity contribution in [3.63, 3.8) is 0 Å². The van der Waals surface area contributed by atoms with Gasteiger partial charge in [0.05, 0.1) is 0 Å². The Hall–Kier alpha value is -1.55. The molecule has 0 heterocycles. The molecule has 1 rings (SSSR count). The molecule has 0 aliphatic rings. The van der Waals surface area contributed by atoms with E-state index in [1.165, 1.54) is 6.92 Å². The van der Waals surface area contributed by atoms with Crippen LogP contribution in [0.3, 0.4) is 0 Å². The summed E-state index contributed by atoms with van der Waals surface area (Å²) in [5.41, 5.74) is 0.944. The fourth-order valence-corrected chi connectivity index (χ4v) is 1.11. The van der Waals surface area contributed by atoms with Crippen molar-refractivity contribution in [2.24, 2.45) is 0 Å². The topological polar surface area (TPSA) is 47.6 Å². The molecule has 1 aromatic carbocycles. The van der Waals surface area contributed by atoms with Crippen LogP contribution in [-0.2, 0) is 16.1 Å². The van der Waals surface area contributed by atoms with Crippen LogP contribution in [0.2, 0.25) is 0 Å². The first-order chi connectivity index (χ1) is 7.61. The van der Waals surface area contributed by atoms with Crippen LogP contribution < -0.4 is 10.1 Å².